The molecule has 0 aliphatic rings. The normalized spacial score (nSPS) is 15.8. The van der Waals surface area contributed by atoms with Crippen LogP contribution < -0.4 is 10.1 Å². The molecule has 1 aromatic carbocycles. The number of ether oxygens (including phenoxy) is 1. The average molecular weight is 283 g/mol. The number of benzene rings is 1. The van der Waals surface area contributed by atoms with Crippen molar-refractivity contribution in [2.45, 2.75) is 38.5 Å². The summed E-state index contributed by atoms with van der Waals surface area (Å²) in [4.78, 5) is 0. The maximum absolute atomic E-state index is 11.3. The van der Waals surface area contributed by atoms with Crippen molar-refractivity contribution in [1.82, 2.24) is 5.32 Å². The molecule has 0 aliphatic carbocycles. The maximum atomic E-state index is 11.3. The van der Waals surface area contributed by atoms with Crippen molar-refractivity contribution < 1.29 is 8.95 Å². The van der Waals surface area contributed by atoms with E-state index in [1.807, 2.05) is 6.92 Å². The molecule has 0 saturated heterocycles. The van der Waals surface area contributed by atoms with E-state index in [1.165, 1.54) is 11.1 Å². The Morgan fingerprint density at radius 1 is 1.37 bits per heavy atom. The minimum Gasteiger partial charge on any atom is -0.496 e. The fourth-order valence-electron chi connectivity index (χ4n) is 1.96. The Kier molecular flexibility index (Phi) is 6.52. The van der Waals surface area contributed by atoms with Crippen molar-refractivity contribution in [3.05, 3.63) is 29.3 Å². The first-order valence-electron chi connectivity index (χ1n) is 6.65. The smallest absolute Gasteiger partial charge is 0.123 e. The molecular weight excluding hydrogens is 258 g/mol. The van der Waals surface area contributed by atoms with Crippen molar-refractivity contribution in [2.75, 3.05) is 19.9 Å². The van der Waals surface area contributed by atoms with Gasteiger partial charge in [0.25, 0.3) is 0 Å². The lowest BCUT2D eigenvalue weighted by molar-refractivity contribution is 0.401. The van der Waals surface area contributed by atoms with Gasteiger partial charge in [-0.05, 0) is 38.4 Å². The molecule has 3 unspecified atom stereocenters. The summed E-state index contributed by atoms with van der Waals surface area (Å²) in [7, 11) is 0.958. The van der Waals surface area contributed by atoms with Gasteiger partial charge in [0.2, 0.25) is 0 Å². The van der Waals surface area contributed by atoms with Crippen molar-refractivity contribution in [3.8, 4) is 5.75 Å². The van der Waals surface area contributed by atoms with E-state index < -0.39 is 10.8 Å². The first-order valence-corrected chi connectivity index (χ1v) is 8.28. The molecule has 0 aliphatic heterocycles. The fourth-order valence-corrected chi connectivity index (χ4v) is 2.40. The van der Waals surface area contributed by atoms with Crippen LogP contribution >= 0.6 is 0 Å². The van der Waals surface area contributed by atoms with Gasteiger partial charge in [0.1, 0.15) is 5.75 Å². The molecule has 0 spiro atoms. The number of aryl methyl sites for hydroxylation is 1. The second kappa shape index (κ2) is 7.65. The lowest BCUT2D eigenvalue weighted by Gasteiger charge is -2.18. The third kappa shape index (κ3) is 4.96. The highest BCUT2D eigenvalue weighted by molar-refractivity contribution is 7.84. The molecule has 1 aromatic rings. The van der Waals surface area contributed by atoms with Gasteiger partial charge in [-0.2, -0.15) is 0 Å². The van der Waals surface area contributed by atoms with Gasteiger partial charge in [0.05, 0.1) is 7.11 Å². The van der Waals surface area contributed by atoms with Gasteiger partial charge in [-0.15, -0.1) is 0 Å². The first kappa shape index (κ1) is 16.2. The zero-order chi connectivity index (χ0) is 14.4. The second-order valence-corrected chi connectivity index (χ2v) is 6.82. The lowest BCUT2D eigenvalue weighted by Crippen LogP contribution is -2.24. The molecule has 3 atom stereocenters. The minimum atomic E-state index is -0.743. The zero-order valence-corrected chi connectivity index (χ0v) is 13.3. The Hall–Kier alpha value is -0.870. The van der Waals surface area contributed by atoms with Gasteiger partial charge in [-0.3, -0.25) is 4.21 Å². The monoisotopic (exact) mass is 283 g/mol. The standard InChI is InChI=1S/C15H25NO2S/c1-11-6-7-14(15(10-11)18-4)13(3)16-9-8-12(2)19(5)17/h6-7,10,12-13,16H,8-9H2,1-5H3. The molecule has 0 amide bonds. The molecule has 19 heavy (non-hydrogen) atoms. The summed E-state index contributed by atoms with van der Waals surface area (Å²) in [6.45, 7) is 7.07. The molecule has 1 rings (SSSR count). The van der Waals surface area contributed by atoms with Crippen molar-refractivity contribution >= 4 is 10.8 Å². The Balaban J connectivity index is 2.58. The summed E-state index contributed by atoms with van der Waals surface area (Å²) in [6.07, 6.45) is 2.68. The van der Waals surface area contributed by atoms with Crippen LogP contribution in [0.15, 0.2) is 18.2 Å². The molecular formula is C15H25NO2S. The summed E-state index contributed by atoms with van der Waals surface area (Å²) in [5.41, 5.74) is 2.36. The number of methoxy groups -OCH3 is 1. The molecule has 0 saturated carbocycles. The van der Waals surface area contributed by atoms with Crippen LogP contribution in [-0.2, 0) is 10.8 Å². The molecule has 3 nitrogen and oxygen atoms in total. The van der Waals surface area contributed by atoms with E-state index in [-0.39, 0.29) is 11.3 Å². The number of nitrogens with one attached hydrogen (secondary N) is 1. The van der Waals surface area contributed by atoms with Gasteiger partial charge < -0.3 is 10.1 Å². The molecule has 4 heteroatoms. The van der Waals surface area contributed by atoms with Crippen LogP contribution in [0.5, 0.6) is 5.75 Å². The maximum Gasteiger partial charge on any atom is 0.123 e. The number of hydrogen-bond acceptors (Lipinski definition) is 3. The molecule has 0 fully saturated rings. The van der Waals surface area contributed by atoms with Crippen LogP contribution in [-0.4, -0.2) is 29.4 Å². The highest BCUT2D eigenvalue weighted by Gasteiger charge is 2.12. The van der Waals surface area contributed by atoms with Gasteiger partial charge in [0.15, 0.2) is 0 Å². The molecule has 0 heterocycles. The third-order valence-corrected chi connectivity index (χ3v) is 4.79. The van der Waals surface area contributed by atoms with Crippen molar-refractivity contribution in [3.63, 3.8) is 0 Å². The highest BCUT2D eigenvalue weighted by Crippen LogP contribution is 2.26. The first-order chi connectivity index (χ1) is 8.95. The van der Waals surface area contributed by atoms with E-state index in [2.05, 4.69) is 37.4 Å². The predicted octanol–water partition coefficient (Wildman–Crippen LogP) is 2.81. The van der Waals surface area contributed by atoms with E-state index in [4.69, 9.17) is 4.74 Å². The van der Waals surface area contributed by atoms with Gasteiger partial charge >= 0.3 is 0 Å². The summed E-state index contributed by atoms with van der Waals surface area (Å²) in [5, 5.41) is 3.70. The van der Waals surface area contributed by atoms with Gasteiger partial charge in [-0.1, -0.05) is 19.1 Å². The highest BCUT2D eigenvalue weighted by atomic mass is 32.2. The summed E-state index contributed by atoms with van der Waals surface area (Å²) < 4.78 is 16.7. The van der Waals surface area contributed by atoms with E-state index in [1.54, 1.807) is 13.4 Å². The Morgan fingerprint density at radius 2 is 2.05 bits per heavy atom. The zero-order valence-electron chi connectivity index (χ0n) is 12.5. The quantitative estimate of drug-likeness (QED) is 0.836. The average Bonchev–Trinajstić information content (AvgIpc) is 2.37. The van der Waals surface area contributed by atoms with E-state index in [0.717, 1.165) is 18.7 Å². The summed E-state index contributed by atoms with van der Waals surface area (Å²) >= 11 is 0. The van der Waals surface area contributed by atoms with Crippen LogP contribution in [0.1, 0.15) is 37.4 Å². The topological polar surface area (TPSA) is 38.3 Å². The summed E-state index contributed by atoms with van der Waals surface area (Å²) in [5.74, 6) is 0.923. The van der Waals surface area contributed by atoms with Crippen molar-refractivity contribution in [2.24, 2.45) is 0 Å². The van der Waals surface area contributed by atoms with E-state index in [0.29, 0.717) is 0 Å². The van der Waals surface area contributed by atoms with Crippen molar-refractivity contribution in [1.29, 1.82) is 0 Å². The Bertz CT molecular complexity index is 434. The lowest BCUT2D eigenvalue weighted by atomic mass is 10.0. The van der Waals surface area contributed by atoms with Gasteiger partial charge in [0, 0.05) is 33.9 Å². The SMILES string of the molecule is COc1cc(C)ccc1C(C)NCCC(C)S(C)=O. The van der Waals surface area contributed by atoms with Crippen LogP contribution in [0.3, 0.4) is 0 Å². The second-order valence-electron chi connectivity index (χ2n) is 5.02. The fraction of sp³-hybridized carbons (Fsp3) is 0.600. The van der Waals surface area contributed by atoms with Crippen LogP contribution in [0.25, 0.3) is 0 Å². The van der Waals surface area contributed by atoms with E-state index in [9.17, 15) is 4.21 Å². The van der Waals surface area contributed by atoms with Gasteiger partial charge in [-0.25, -0.2) is 0 Å². The van der Waals surface area contributed by atoms with Crippen LogP contribution in [0.2, 0.25) is 0 Å². The predicted molar refractivity (Wildman–Crippen MR) is 82.3 cm³/mol. The molecule has 1 N–H and O–H groups in total. The molecule has 108 valence electrons. The third-order valence-electron chi connectivity index (χ3n) is 3.42. The minimum absolute atomic E-state index is 0.230. The largest absolute Gasteiger partial charge is 0.496 e. The Morgan fingerprint density at radius 3 is 2.63 bits per heavy atom. The summed E-state index contributed by atoms with van der Waals surface area (Å²) in [6, 6.07) is 6.48. The molecule has 0 bridgehead atoms. The molecule has 0 aromatic heterocycles. The number of rotatable bonds is 7. The Labute approximate surface area is 119 Å². The van der Waals surface area contributed by atoms with Crippen LogP contribution in [0.4, 0.5) is 0 Å². The number of hydrogen-bond donors (Lipinski definition) is 1. The molecule has 0 radical (unpaired) electrons. The van der Waals surface area contributed by atoms with E-state index >= 15 is 0 Å². The van der Waals surface area contributed by atoms with Crippen LogP contribution in [0, 0.1) is 6.92 Å².